The normalized spacial score (nSPS) is 19.0. The van der Waals surface area contributed by atoms with Gasteiger partial charge in [0, 0.05) is 6.61 Å². The van der Waals surface area contributed by atoms with Gasteiger partial charge in [-0.15, -0.1) is 0 Å². The largest absolute Gasteiger partial charge is 0.436 e. The van der Waals surface area contributed by atoms with Crippen LogP contribution in [-0.2, 0) is 4.65 Å². The van der Waals surface area contributed by atoms with Gasteiger partial charge >= 0.3 is 0 Å². The van der Waals surface area contributed by atoms with Crippen molar-refractivity contribution >= 4 is 6.92 Å². The number of hydrogen-bond acceptors (Lipinski definition) is 1. The third-order valence-electron chi connectivity index (χ3n) is 1.90. The highest BCUT2D eigenvalue weighted by molar-refractivity contribution is 6.52. The Morgan fingerprint density at radius 3 is 3.00 bits per heavy atom. The topological polar surface area (TPSA) is 9.23 Å². The molecule has 0 atom stereocenters. The van der Waals surface area contributed by atoms with Crippen LogP contribution >= 0.6 is 0 Å². The fourth-order valence-electron chi connectivity index (χ4n) is 1.30. The van der Waals surface area contributed by atoms with Gasteiger partial charge in [-0.1, -0.05) is 19.8 Å². The highest BCUT2D eigenvalue weighted by Gasteiger charge is 2.19. The first-order valence-electron chi connectivity index (χ1n) is 4.05. The van der Waals surface area contributed by atoms with Crippen molar-refractivity contribution in [2.75, 3.05) is 6.61 Å². The predicted molar refractivity (Wildman–Crippen MR) is 40.8 cm³/mol. The van der Waals surface area contributed by atoms with E-state index in [1.807, 2.05) is 0 Å². The fourth-order valence-corrected chi connectivity index (χ4v) is 1.30. The minimum absolute atomic E-state index is 0.616. The van der Waals surface area contributed by atoms with Gasteiger partial charge in [-0.2, -0.15) is 0 Å². The Balaban J connectivity index is 1.98. The van der Waals surface area contributed by atoms with E-state index in [0.29, 0.717) is 6.92 Å². The number of rotatable bonds is 3. The van der Waals surface area contributed by atoms with Crippen molar-refractivity contribution in [3.63, 3.8) is 0 Å². The van der Waals surface area contributed by atoms with Crippen molar-refractivity contribution < 1.29 is 4.65 Å². The second kappa shape index (κ2) is 3.94. The summed E-state index contributed by atoms with van der Waals surface area (Å²) < 4.78 is 5.46. The smallest absolute Gasteiger partial charge is 0.293 e. The summed E-state index contributed by atoms with van der Waals surface area (Å²) in [7, 11) is 0. The molecule has 0 aromatic rings. The van der Waals surface area contributed by atoms with Gasteiger partial charge < -0.3 is 4.65 Å². The first-order valence-corrected chi connectivity index (χ1v) is 4.05. The summed E-state index contributed by atoms with van der Waals surface area (Å²) in [5.41, 5.74) is 0. The molecule has 0 N–H and O–H groups in total. The van der Waals surface area contributed by atoms with Crippen LogP contribution in [0.5, 0.6) is 0 Å². The van der Waals surface area contributed by atoms with Crippen LogP contribution in [-0.4, -0.2) is 13.5 Å². The van der Waals surface area contributed by atoms with E-state index in [1.165, 1.54) is 31.9 Å². The third-order valence-corrected chi connectivity index (χ3v) is 1.90. The second-order valence-electron chi connectivity index (χ2n) is 2.78. The molecule has 9 heavy (non-hydrogen) atoms. The van der Waals surface area contributed by atoms with E-state index in [-0.39, 0.29) is 0 Å². The standard InChI is InChI=1S/C7H15BO/c1-2-3-5-8-6-4-7-9-8/h2-7H2,1H3. The molecule has 0 unspecified atom stereocenters. The predicted octanol–water partition coefficient (Wildman–Crippen LogP) is 2.20. The first-order chi connectivity index (χ1) is 4.43. The van der Waals surface area contributed by atoms with Crippen LogP contribution in [0.2, 0.25) is 12.6 Å². The van der Waals surface area contributed by atoms with Crippen molar-refractivity contribution in [2.24, 2.45) is 0 Å². The molecule has 52 valence electrons. The molecule has 1 saturated heterocycles. The molecule has 1 aliphatic heterocycles. The Morgan fingerprint density at radius 2 is 2.44 bits per heavy atom. The maximum Gasteiger partial charge on any atom is 0.293 e. The van der Waals surface area contributed by atoms with Crippen LogP contribution in [0, 0.1) is 0 Å². The minimum Gasteiger partial charge on any atom is -0.436 e. The molecule has 0 amide bonds. The zero-order valence-corrected chi connectivity index (χ0v) is 6.23. The van der Waals surface area contributed by atoms with Gasteiger partial charge in [0.25, 0.3) is 6.92 Å². The van der Waals surface area contributed by atoms with Crippen LogP contribution in [0.1, 0.15) is 26.2 Å². The lowest BCUT2D eigenvalue weighted by Crippen LogP contribution is -2.08. The molecule has 0 saturated carbocycles. The van der Waals surface area contributed by atoms with Crippen LogP contribution in [0.15, 0.2) is 0 Å². The van der Waals surface area contributed by atoms with Crippen molar-refractivity contribution in [1.82, 2.24) is 0 Å². The monoisotopic (exact) mass is 126 g/mol. The number of hydrogen-bond donors (Lipinski definition) is 0. The van der Waals surface area contributed by atoms with Crippen LogP contribution in [0.25, 0.3) is 0 Å². The maximum absolute atomic E-state index is 5.46. The molecule has 0 bridgehead atoms. The molecule has 0 radical (unpaired) electrons. The maximum atomic E-state index is 5.46. The Labute approximate surface area is 57.9 Å². The lowest BCUT2D eigenvalue weighted by molar-refractivity contribution is 0.358. The molecule has 0 aromatic carbocycles. The average Bonchev–Trinajstić information content (AvgIpc) is 2.34. The minimum atomic E-state index is 0.616. The van der Waals surface area contributed by atoms with Gasteiger partial charge in [-0.25, -0.2) is 0 Å². The molecule has 1 heterocycles. The second-order valence-corrected chi connectivity index (χ2v) is 2.78. The van der Waals surface area contributed by atoms with Gasteiger partial charge in [-0.05, 0) is 19.1 Å². The third kappa shape index (κ3) is 2.40. The van der Waals surface area contributed by atoms with Crippen LogP contribution in [0.4, 0.5) is 0 Å². The van der Waals surface area contributed by atoms with E-state index in [9.17, 15) is 0 Å². The van der Waals surface area contributed by atoms with Crippen LogP contribution in [0.3, 0.4) is 0 Å². The van der Waals surface area contributed by atoms with Crippen molar-refractivity contribution in [1.29, 1.82) is 0 Å². The lowest BCUT2D eigenvalue weighted by atomic mass is 9.61. The fraction of sp³-hybridized carbons (Fsp3) is 1.00. The summed E-state index contributed by atoms with van der Waals surface area (Å²) in [5, 5.41) is 0. The van der Waals surface area contributed by atoms with Gasteiger partial charge in [0.2, 0.25) is 0 Å². The zero-order valence-electron chi connectivity index (χ0n) is 6.23. The number of unbranched alkanes of at least 4 members (excludes halogenated alkanes) is 1. The van der Waals surface area contributed by atoms with Gasteiger partial charge in [0.15, 0.2) is 0 Å². The molecule has 1 nitrogen and oxygen atoms in total. The van der Waals surface area contributed by atoms with Crippen molar-refractivity contribution in [2.45, 2.75) is 38.8 Å². The Hall–Kier alpha value is 0.0249. The van der Waals surface area contributed by atoms with E-state index in [4.69, 9.17) is 4.65 Å². The van der Waals surface area contributed by atoms with Gasteiger partial charge in [0.1, 0.15) is 0 Å². The van der Waals surface area contributed by atoms with Crippen molar-refractivity contribution in [3.8, 4) is 0 Å². The first kappa shape index (κ1) is 7.14. The Kier molecular flexibility index (Phi) is 3.12. The highest BCUT2D eigenvalue weighted by atomic mass is 16.4. The van der Waals surface area contributed by atoms with E-state index in [0.717, 1.165) is 6.61 Å². The molecular weight excluding hydrogens is 111 g/mol. The molecule has 0 aromatic heterocycles. The van der Waals surface area contributed by atoms with Crippen molar-refractivity contribution in [3.05, 3.63) is 0 Å². The van der Waals surface area contributed by atoms with Gasteiger partial charge in [0.05, 0.1) is 0 Å². The van der Waals surface area contributed by atoms with Gasteiger partial charge in [-0.3, -0.25) is 0 Å². The Bertz CT molecular complexity index is 69.3. The SMILES string of the molecule is CCCCB1CCCO1. The molecule has 1 fully saturated rings. The zero-order chi connectivity index (χ0) is 6.53. The lowest BCUT2D eigenvalue weighted by Gasteiger charge is -2.01. The molecular formula is C7H15BO. The molecule has 1 aliphatic rings. The van der Waals surface area contributed by atoms with E-state index >= 15 is 0 Å². The van der Waals surface area contributed by atoms with E-state index in [2.05, 4.69) is 6.92 Å². The molecule has 1 rings (SSSR count). The summed E-state index contributed by atoms with van der Waals surface area (Å²) in [4.78, 5) is 0. The van der Waals surface area contributed by atoms with E-state index in [1.54, 1.807) is 0 Å². The summed E-state index contributed by atoms with van der Waals surface area (Å²) in [6.07, 6.45) is 6.52. The molecule has 2 heteroatoms. The highest BCUT2D eigenvalue weighted by Crippen LogP contribution is 2.15. The summed E-state index contributed by atoms with van der Waals surface area (Å²) in [6, 6.07) is 0. The molecule has 0 aliphatic carbocycles. The summed E-state index contributed by atoms with van der Waals surface area (Å²) in [6.45, 7) is 3.86. The van der Waals surface area contributed by atoms with E-state index < -0.39 is 0 Å². The summed E-state index contributed by atoms with van der Waals surface area (Å²) in [5.74, 6) is 0. The Morgan fingerprint density at radius 1 is 1.56 bits per heavy atom. The average molecular weight is 126 g/mol. The molecule has 0 spiro atoms. The summed E-state index contributed by atoms with van der Waals surface area (Å²) >= 11 is 0. The van der Waals surface area contributed by atoms with Crippen LogP contribution < -0.4 is 0 Å². The quantitative estimate of drug-likeness (QED) is 0.526.